The van der Waals surface area contributed by atoms with Gasteiger partial charge in [-0.05, 0) is 36.4 Å². The van der Waals surface area contributed by atoms with Gasteiger partial charge in [-0.3, -0.25) is 9.50 Å². The van der Waals surface area contributed by atoms with E-state index in [0.717, 1.165) is 22.4 Å². The Hall–Kier alpha value is -3.46. The number of halogens is 1. The van der Waals surface area contributed by atoms with Crippen LogP contribution in [0.25, 0.3) is 28.0 Å². The van der Waals surface area contributed by atoms with Crippen LogP contribution in [0.1, 0.15) is 5.69 Å². The number of H-pyrrole nitrogens is 1. The second-order valence-electron chi connectivity index (χ2n) is 5.06. The van der Waals surface area contributed by atoms with Crippen LogP contribution in [-0.2, 0) is 0 Å². The van der Waals surface area contributed by atoms with E-state index in [4.69, 9.17) is 5.26 Å². The smallest absolute Gasteiger partial charge is 0.144 e. The molecule has 0 saturated heterocycles. The van der Waals surface area contributed by atoms with E-state index >= 15 is 0 Å². The second kappa shape index (κ2) is 5.07. The molecule has 0 atom stereocenters. The van der Waals surface area contributed by atoms with E-state index in [9.17, 15) is 4.39 Å². The number of nitrogens with one attached hydrogen (secondary N) is 1. The predicted octanol–water partition coefficient (Wildman–Crippen LogP) is 3.40. The maximum atomic E-state index is 13.1. The number of aromatic amines is 1. The van der Waals surface area contributed by atoms with Crippen molar-refractivity contribution in [2.45, 2.75) is 0 Å². The summed E-state index contributed by atoms with van der Waals surface area (Å²) >= 11 is 0. The van der Waals surface area contributed by atoms with Crippen molar-refractivity contribution in [3.8, 4) is 28.5 Å². The van der Waals surface area contributed by atoms with Crippen molar-refractivity contribution < 1.29 is 4.39 Å². The molecule has 0 unspecified atom stereocenters. The summed E-state index contributed by atoms with van der Waals surface area (Å²) in [5.74, 6) is -0.288. The Labute approximate surface area is 130 Å². The number of fused-ring (bicyclic) bond motifs is 1. The summed E-state index contributed by atoms with van der Waals surface area (Å²) in [7, 11) is 0. The molecule has 4 rings (SSSR count). The zero-order valence-corrected chi connectivity index (χ0v) is 11.9. The van der Waals surface area contributed by atoms with Crippen molar-refractivity contribution in [1.82, 2.24) is 19.6 Å². The summed E-state index contributed by atoms with van der Waals surface area (Å²) < 4.78 is 14.8. The Balaban J connectivity index is 1.87. The van der Waals surface area contributed by atoms with Crippen LogP contribution in [0.3, 0.4) is 0 Å². The molecule has 110 valence electrons. The van der Waals surface area contributed by atoms with Crippen LogP contribution in [-0.4, -0.2) is 19.6 Å². The minimum atomic E-state index is -0.288. The van der Waals surface area contributed by atoms with Gasteiger partial charge < -0.3 is 0 Å². The van der Waals surface area contributed by atoms with Crippen LogP contribution < -0.4 is 0 Å². The van der Waals surface area contributed by atoms with Crippen LogP contribution in [0, 0.1) is 17.1 Å². The Bertz CT molecular complexity index is 1040. The first-order valence-corrected chi connectivity index (χ1v) is 6.93. The van der Waals surface area contributed by atoms with Gasteiger partial charge in [-0.2, -0.15) is 10.4 Å². The van der Waals surface area contributed by atoms with Gasteiger partial charge in [-0.15, -0.1) is 0 Å². The normalized spacial score (nSPS) is 10.8. The molecule has 0 bridgehead atoms. The van der Waals surface area contributed by atoms with Crippen LogP contribution in [0.4, 0.5) is 4.39 Å². The number of hydrogen-bond donors (Lipinski definition) is 1. The monoisotopic (exact) mass is 303 g/mol. The van der Waals surface area contributed by atoms with E-state index in [2.05, 4.69) is 21.3 Å². The van der Waals surface area contributed by atoms with E-state index < -0.39 is 0 Å². The number of imidazole rings is 1. The van der Waals surface area contributed by atoms with Gasteiger partial charge in [0.25, 0.3) is 0 Å². The highest BCUT2D eigenvalue weighted by molar-refractivity contribution is 5.80. The van der Waals surface area contributed by atoms with Gasteiger partial charge in [0, 0.05) is 29.1 Å². The van der Waals surface area contributed by atoms with Crippen molar-refractivity contribution in [2.24, 2.45) is 0 Å². The van der Waals surface area contributed by atoms with E-state index in [1.807, 2.05) is 18.3 Å². The van der Waals surface area contributed by atoms with Crippen molar-refractivity contribution in [3.05, 3.63) is 66.5 Å². The standard InChI is InChI=1S/C17H10FN5/c18-13-4-1-11(2-5-13)17-15(9-21-22-17)12-3-6-16-20-8-14(7-19)23(16)10-12/h1-6,8-10H,(H,21,22). The zero-order valence-electron chi connectivity index (χ0n) is 11.9. The van der Waals surface area contributed by atoms with Crippen LogP contribution >= 0.6 is 0 Å². The number of rotatable bonds is 2. The maximum Gasteiger partial charge on any atom is 0.144 e. The fourth-order valence-corrected chi connectivity index (χ4v) is 2.56. The van der Waals surface area contributed by atoms with Gasteiger partial charge in [-0.1, -0.05) is 0 Å². The summed E-state index contributed by atoms with van der Waals surface area (Å²) in [6, 6.07) is 12.1. The molecule has 4 aromatic rings. The summed E-state index contributed by atoms with van der Waals surface area (Å²) in [4.78, 5) is 4.18. The van der Waals surface area contributed by atoms with Crippen LogP contribution in [0.15, 0.2) is 55.0 Å². The third-order valence-corrected chi connectivity index (χ3v) is 3.69. The number of benzene rings is 1. The molecule has 3 heterocycles. The zero-order chi connectivity index (χ0) is 15.8. The molecule has 6 heteroatoms. The van der Waals surface area contributed by atoms with Crippen LogP contribution in [0.5, 0.6) is 0 Å². The quantitative estimate of drug-likeness (QED) is 0.617. The molecule has 3 aromatic heterocycles. The fourth-order valence-electron chi connectivity index (χ4n) is 2.56. The highest BCUT2D eigenvalue weighted by Crippen LogP contribution is 2.30. The minimum absolute atomic E-state index is 0.288. The lowest BCUT2D eigenvalue weighted by molar-refractivity contribution is 0.628. The lowest BCUT2D eigenvalue weighted by atomic mass is 10.0. The lowest BCUT2D eigenvalue weighted by Gasteiger charge is -2.04. The lowest BCUT2D eigenvalue weighted by Crippen LogP contribution is -1.90. The summed E-state index contributed by atoms with van der Waals surface area (Å²) in [5, 5.41) is 16.3. The third kappa shape index (κ3) is 2.15. The fraction of sp³-hybridized carbons (Fsp3) is 0. The number of nitrogens with zero attached hydrogens (tertiary/aromatic N) is 4. The van der Waals surface area contributed by atoms with Crippen molar-refractivity contribution in [2.75, 3.05) is 0 Å². The SMILES string of the molecule is N#Cc1cnc2ccc(-c3c[nH]nc3-c3ccc(F)cc3)cn12. The average molecular weight is 303 g/mol. The van der Waals surface area contributed by atoms with Crippen LogP contribution in [0.2, 0.25) is 0 Å². The number of pyridine rings is 1. The van der Waals surface area contributed by atoms with Gasteiger partial charge in [-0.25, -0.2) is 9.37 Å². The molecule has 0 aliphatic rings. The molecule has 0 saturated carbocycles. The Morgan fingerprint density at radius 3 is 2.65 bits per heavy atom. The van der Waals surface area contributed by atoms with Crippen molar-refractivity contribution in [3.63, 3.8) is 0 Å². The topological polar surface area (TPSA) is 69.8 Å². The number of aromatic nitrogens is 4. The second-order valence-corrected chi connectivity index (χ2v) is 5.06. The van der Waals surface area contributed by atoms with E-state index in [1.54, 1.807) is 22.7 Å². The first kappa shape index (κ1) is 13.2. The van der Waals surface area contributed by atoms with E-state index in [0.29, 0.717) is 11.3 Å². The Morgan fingerprint density at radius 1 is 1.09 bits per heavy atom. The van der Waals surface area contributed by atoms with Crippen molar-refractivity contribution in [1.29, 1.82) is 5.26 Å². The van der Waals surface area contributed by atoms with Gasteiger partial charge in [0.05, 0.1) is 11.9 Å². The number of nitriles is 1. The first-order chi connectivity index (χ1) is 11.3. The molecule has 0 aliphatic heterocycles. The Morgan fingerprint density at radius 2 is 1.87 bits per heavy atom. The summed E-state index contributed by atoms with van der Waals surface area (Å²) in [6.07, 6.45) is 5.16. The highest BCUT2D eigenvalue weighted by Gasteiger charge is 2.12. The molecular weight excluding hydrogens is 293 g/mol. The number of hydrogen-bond acceptors (Lipinski definition) is 3. The third-order valence-electron chi connectivity index (χ3n) is 3.69. The molecule has 23 heavy (non-hydrogen) atoms. The minimum Gasteiger partial charge on any atom is -0.291 e. The van der Waals surface area contributed by atoms with Gasteiger partial charge in [0.2, 0.25) is 0 Å². The molecular formula is C17H10FN5. The van der Waals surface area contributed by atoms with E-state index in [1.165, 1.54) is 18.3 Å². The van der Waals surface area contributed by atoms with E-state index in [-0.39, 0.29) is 5.82 Å². The maximum absolute atomic E-state index is 13.1. The summed E-state index contributed by atoms with van der Waals surface area (Å²) in [5.41, 5.74) is 4.47. The average Bonchev–Trinajstić information content (AvgIpc) is 3.21. The highest BCUT2D eigenvalue weighted by atomic mass is 19.1. The van der Waals surface area contributed by atoms with Gasteiger partial charge in [0.15, 0.2) is 0 Å². The molecule has 0 fully saturated rings. The predicted molar refractivity (Wildman–Crippen MR) is 82.9 cm³/mol. The molecule has 1 aromatic carbocycles. The molecule has 1 N–H and O–H groups in total. The molecule has 5 nitrogen and oxygen atoms in total. The Kier molecular flexibility index (Phi) is 2.91. The first-order valence-electron chi connectivity index (χ1n) is 6.93. The molecule has 0 radical (unpaired) electrons. The largest absolute Gasteiger partial charge is 0.291 e. The molecule has 0 spiro atoms. The van der Waals surface area contributed by atoms with Gasteiger partial charge >= 0.3 is 0 Å². The molecule has 0 aliphatic carbocycles. The summed E-state index contributed by atoms with van der Waals surface area (Å²) in [6.45, 7) is 0. The van der Waals surface area contributed by atoms with Gasteiger partial charge in [0.1, 0.15) is 23.2 Å². The van der Waals surface area contributed by atoms with Crippen molar-refractivity contribution >= 4 is 5.65 Å². The molecule has 0 amide bonds.